The van der Waals surface area contributed by atoms with Gasteiger partial charge in [0, 0.05) is 43.2 Å². The molecule has 0 aliphatic carbocycles. The van der Waals surface area contributed by atoms with Gasteiger partial charge in [0.2, 0.25) is 17.7 Å². The Morgan fingerprint density at radius 2 is 1.85 bits per heavy atom. The number of fused-ring (bicyclic) bond motifs is 1. The maximum atomic E-state index is 12.2. The minimum atomic E-state index is -0.762. The largest absolute Gasteiger partial charge is 0.481 e. The van der Waals surface area contributed by atoms with E-state index in [2.05, 4.69) is 25.3 Å². The van der Waals surface area contributed by atoms with Gasteiger partial charge in [0.15, 0.2) is 0 Å². The number of thiazole rings is 1. The first-order valence-corrected chi connectivity index (χ1v) is 13.5. The molecule has 4 aromatic rings. The standard InChI is InChI=1S/C27H29N7O4S/c1-4-29-21(35)11-23-33-19-10-16(9-18(24(19)39-23)20-14-28-15-22(32-20)38-3)17-12-30-26(31-13-17)34-7-5-27(2,6-8-34)25(36)37/h9-10,12-15H,4-8,11H2,1-3H3,(H,29,35)(H,36,37). The van der Waals surface area contributed by atoms with Crippen molar-refractivity contribution in [1.82, 2.24) is 30.2 Å². The van der Waals surface area contributed by atoms with Gasteiger partial charge in [-0.15, -0.1) is 11.3 Å². The Balaban J connectivity index is 1.49. The summed E-state index contributed by atoms with van der Waals surface area (Å²) in [5.74, 6) is 0.127. The molecule has 0 radical (unpaired) electrons. The van der Waals surface area contributed by atoms with Crippen LogP contribution in [-0.2, 0) is 16.0 Å². The smallest absolute Gasteiger partial charge is 0.309 e. The number of ether oxygens (including phenoxy) is 1. The third-order valence-electron chi connectivity index (χ3n) is 6.96. The zero-order valence-electron chi connectivity index (χ0n) is 22.0. The molecule has 1 aromatic carbocycles. The third kappa shape index (κ3) is 5.51. The SMILES string of the molecule is CCNC(=O)Cc1nc2cc(-c3cnc(N4CCC(C)(C(=O)O)CC4)nc3)cc(-c3cncc(OC)n3)c2s1. The Hall–Kier alpha value is -4.19. The van der Waals surface area contributed by atoms with Gasteiger partial charge in [0.1, 0.15) is 5.01 Å². The summed E-state index contributed by atoms with van der Waals surface area (Å²) in [5.41, 5.74) is 3.12. The highest BCUT2D eigenvalue weighted by atomic mass is 32.1. The van der Waals surface area contributed by atoms with Crippen molar-refractivity contribution in [2.24, 2.45) is 5.41 Å². The van der Waals surface area contributed by atoms with E-state index in [1.807, 2.05) is 24.0 Å². The number of piperidine rings is 1. The fourth-order valence-electron chi connectivity index (χ4n) is 4.53. The number of hydrogen-bond acceptors (Lipinski definition) is 10. The summed E-state index contributed by atoms with van der Waals surface area (Å²) in [5, 5.41) is 13.0. The molecule has 0 bridgehead atoms. The highest BCUT2D eigenvalue weighted by Crippen LogP contribution is 2.37. The Bertz CT molecular complexity index is 1510. The Kier molecular flexibility index (Phi) is 7.38. The van der Waals surface area contributed by atoms with Crippen molar-refractivity contribution < 1.29 is 19.4 Å². The van der Waals surface area contributed by atoms with E-state index in [1.54, 1.807) is 38.8 Å². The second-order valence-corrected chi connectivity index (χ2v) is 10.8. The minimum Gasteiger partial charge on any atom is -0.481 e. The first-order chi connectivity index (χ1) is 18.8. The van der Waals surface area contributed by atoms with Gasteiger partial charge in [0.25, 0.3) is 0 Å². The Morgan fingerprint density at radius 1 is 1.10 bits per heavy atom. The number of carbonyl (C=O) groups is 2. The lowest BCUT2D eigenvalue weighted by Gasteiger charge is -2.36. The summed E-state index contributed by atoms with van der Waals surface area (Å²) in [4.78, 5) is 48.6. The molecule has 2 N–H and O–H groups in total. The molecule has 1 aliphatic rings. The highest BCUT2D eigenvalue weighted by molar-refractivity contribution is 7.19. The third-order valence-corrected chi connectivity index (χ3v) is 8.06. The molecule has 0 atom stereocenters. The van der Waals surface area contributed by atoms with Crippen molar-refractivity contribution in [1.29, 1.82) is 0 Å². The maximum absolute atomic E-state index is 12.2. The van der Waals surface area contributed by atoms with Crippen LogP contribution in [0.15, 0.2) is 36.9 Å². The van der Waals surface area contributed by atoms with Crippen molar-refractivity contribution in [3.8, 4) is 28.3 Å². The van der Waals surface area contributed by atoms with Crippen LogP contribution >= 0.6 is 11.3 Å². The van der Waals surface area contributed by atoms with Crippen LogP contribution in [0, 0.1) is 5.41 Å². The lowest BCUT2D eigenvalue weighted by Crippen LogP contribution is -2.43. The summed E-state index contributed by atoms with van der Waals surface area (Å²) >= 11 is 1.45. The number of rotatable bonds is 8. The van der Waals surface area contributed by atoms with Crippen molar-refractivity contribution >= 4 is 39.4 Å². The number of carbonyl (C=O) groups excluding carboxylic acids is 1. The van der Waals surface area contributed by atoms with Crippen molar-refractivity contribution in [3.63, 3.8) is 0 Å². The van der Waals surface area contributed by atoms with Gasteiger partial charge < -0.3 is 20.1 Å². The minimum absolute atomic E-state index is 0.0788. The molecule has 1 amide bonds. The van der Waals surface area contributed by atoms with E-state index < -0.39 is 11.4 Å². The van der Waals surface area contributed by atoms with Crippen LogP contribution in [0.3, 0.4) is 0 Å². The van der Waals surface area contributed by atoms with E-state index >= 15 is 0 Å². The molecule has 3 aromatic heterocycles. The second-order valence-electron chi connectivity index (χ2n) is 9.68. The quantitative estimate of drug-likeness (QED) is 0.336. The summed E-state index contributed by atoms with van der Waals surface area (Å²) in [6, 6.07) is 3.96. The van der Waals surface area contributed by atoms with Gasteiger partial charge in [-0.2, -0.15) is 0 Å². The molecule has 39 heavy (non-hydrogen) atoms. The average molecular weight is 548 g/mol. The number of nitrogens with zero attached hydrogens (tertiary/aromatic N) is 6. The number of benzene rings is 1. The van der Waals surface area contributed by atoms with Crippen molar-refractivity contribution in [2.75, 3.05) is 31.6 Å². The number of nitrogens with one attached hydrogen (secondary N) is 1. The van der Waals surface area contributed by atoms with E-state index in [4.69, 9.17) is 9.72 Å². The molecule has 5 rings (SSSR count). The lowest BCUT2D eigenvalue weighted by atomic mass is 9.80. The topological polar surface area (TPSA) is 143 Å². The van der Waals surface area contributed by atoms with Crippen LogP contribution < -0.4 is 15.0 Å². The van der Waals surface area contributed by atoms with Gasteiger partial charge >= 0.3 is 5.97 Å². The first kappa shape index (κ1) is 26.4. The molecule has 12 heteroatoms. The van der Waals surface area contributed by atoms with E-state index in [9.17, 15) is 14.7 Å². The fourth-order valence-corrected chi connectivity index (χ4v) is 5.60. The summed E-state index contributed by atoms with van der Waals surface area (Å²) in [7, 11) is 1.54. The van der Waals surface area contributed by atoms with Crippen LogP contribution in [0.2, 0.25) is 0 Å². The maximum Gasteiger partial charge on any atom is 0.309 e. The zero-order valence-corrected chi connectivity index (χ0v) is 22.8. The number of amides is 1. The molecule has 0 unspecified atom stereocenters. The van der Waals surface area contributed by atoms with Crippen LogP contribution in [0.5, 0.6) is 5.88 Å². The molecular formula is C27H29N7O4S. The molecule has 4 heterocycles. The van der Waals surface area contributed by atoms with E-state index in [0.29, 0.717) is 55.0 Å². The monoisotopic (exact) mass is 547 g/mol. The summed E-state index contributed by atoms with van der Waals surface area (Å²) in [6.07, 6.45) is 8.01. The van der Waals surface area contributed by atoms with Gasteiger partial charge in [-0.3, -0.25) is 14.6 Å². The number of aliphatic carboxylic acids is 1. The molecule has 1 aliphatic heterocycles. The normalized spacial score (nSPS) is 14.8. The number of likely N-dealkylation sites (N-methyl/N-ethyl adjacent to an activating group) is 1. The van der Waals surface area contributed by atoms with Gasteiger partial charge in [-0.05, 0) is 44.4 Å². The van der Waals surface area contributed by atoms with Gasteiger partial charge in [-0.1, -0.05) is 0 Å². The summed E-state index contributed by atoms with van der Waals surface area (Å²) in [6.45, 7) is 5.40. The summed E-state index contributed by atoms with van der Waals surface area (Å²) < 4.78 is 6.19. The Labute approximate surface area is 229 Å². The van der Waals surface area contributed by atoms with Crippen molar-refractivity contribution in [3.05, 3.63) is 41.9 Å². The number of aromatic nitrogens is 5. The number of anilines is 1. The number of carboxylic acid groups (broad SMARTS) is 1. The molecule has 11 nitrogen and oxygen atoms in total. The molecular weight excluding hydrogens is 518 g/mol. The number of methoxy groups -OCH3 is 1. The van der Waals surface area contributed by atoms with Crippen LogP contribution in [0.25, 0.3) is 32.6 Å². The predicted molar refractivity (Wildman–Crippen MR) is 148 cm³/mol. The van der Waals surface area contributed by atoms with Crippen LogP contribution in [-0.4, -0.2) is 68.6 Å². The fraction of sp³-hybridized carbons (Fsp3) is 0.370. The van der Waals surface area contributed by atoms with E-state index in [1.165, 1.54) is 11.3 Å². The molecule has 1 saturated heterocycles. The Morgan fingerprint density at radius 3 is 2.51 bits per heavy atom. The molecule has 202 valence electrons. The van der Waals surface area contributed by atoms with Crippen LogP contribution in [0.4, 0.5) is 5.95 Å². The van der Waals surface area contributed by atoms with E-state index in [-0.39, 0.29) is 12.3 Å². The van der Waals surface area contributed by atoms with Gasteiger partial charge in [-0.25, -0.2) is 19.9 Å². The van der Waals surface area contributed by atoms with Crippen molar-refractivity contribution in [2.45, 2.75) is 33.1 Å². The average Bonchev–Trinajstić information content (AvgIpc) is 3.35. The molecule has 0 saturated carbocycles. The number of carboxylic acids is 1. The number of hydrogen-bond donors (Lipinski definition) is 2. The molecule has 0 spiro atoms. The second kappa shape index (κ2) is 10.9. The zero-order chi connectivity index (χ0) is 27.6. The van der Waals surface area contributed by atoms with E-state index in [0.717, 1.165) is 26.9 Å². The predicted octanol–water partition coefficient (Wildman–Crippen LogP) is 3.59. The first-order valence-electron chi connectivity index (χ1n) is 12.7. The highest BCUT2D eigenvalue weighted by Gasteiger charge is 2.37. The van der Waals surface area contributed by atoms with Gasteiger partial charge in [0.05, 0.1) is 47.2 Å². The lowest BCUT2D eigenvalue weighted by molar-refractivity contribution is -0.149. The molecule has 1 fully saturated rings. The van der Waals surface area contributed by atoms with Crippen LogP contribution in [0.1, 0.15) is 31.7 Å².